The molecule has 0 aliphatic carbocycles. The lowest BCUT2D eigenvalue weighted by atomic mass is 9.95. The summed E-state index contributed by atoms with van der Waals surface area (Å²) in [5.74, 6) is 0.506. The van der Waals surface area contributed by atoms with Gasteiger partial charge in [-0.15, -0.1) is 0 Å². The monoisotopic (exact) mass is 276 g/mol. The molecular weight excluding hydrogens is 256 g/mol. The average molecular weight is 276 g/mol. The molecule has 108 valence electrons. The minimum Gasteiger partial charge on any atom is -0.497 e. The largest absolute Gasteiger partial charge is 0.497 e. The molecule has 1 atom stereocenters. The van der Waals surface area contributed by atoms with Crippen molar-refractivity contribution < 1.29 is 14.3 Å². The van der Waals surface area contributed by atoms with Crippen molar-refractivity contribution in [2.24, 2.45) is 0 Å². The second kappa shape index (κ2) is 6.43. The molecular formula is C15H20N2O3. The molecule has 5 nitrogen and oxygen atoms in total. The van der Waals surface area contributed by atoms with Crippen LogP contribution in [0.25, 0.3) is 0 Å². The Morgan fingerprint density at radius 1 is 1.35 bits per heavy atom. The van der Waals surface area contributed by atoms with Gasteiger partial charge in [0.2, 0.25) is 0 Å². The first kappa shape index (κ1) is 14.4. The van der Waals surface area contributed by atoms with E-state index < -0.39 is 0 Å². The van der Waals surface area contributed by atoms with Crippen molar-refractivity contribution in [3.8, 4) is 5.75 Å². The normalized spacial score (nSPS) is 18.4. The zero-order chi connectivity index (χ0) is 14.5. The standard InChI is InChI=1S/C15H20N2O3/c1-4-20-15(18)13-10(2)16-9-17-14(13)11-5-7-12(19-3)8-6-11/h5-8,14,16-17H,4,9H2,1-3H3. The summed E-state index contributed by atoms with van der Waals surface area (Å²) in [6.45, 7) is 4.68. The van der Waals surface area contributed by atoms with Crippen LogP contribution >= 0.6 is 0 Å². The van der Waals surface area contributed by atoms with Gasteiger partial charge in [0.15, 0.2) is 0 Å². The van der Waals surface area contributed by atoms with Crippen molar-refractivity contribution in [2.45, 2.75) is 19.9 Å². The van der Waals surface area contributed by atoms with Crippen molar-refractivity contribution in [1.29, 1.82) is 0 Å². The van der Waals surface area contributed by atoms with Crippen LogP contribution in [-0.4, -0.2) is 26.4 Å². The number of rotatable bonds is 4. The predicted octanol–water partition coefficient (Wildman–Crippen LogP) is 1.72. The number of esters is 1. The highest BCUT2D eigenvalue weighted by atomic mass is 16.5. The van der Waals surface area contributed by atoms with Crippen LogP contribution in [0.15, 0.2) is 35.5 Å². The lowest BCUT2D eigenvalue weighted by molar-refractivity contribution is -0.139. The zero-order valence-corrected chi connectivity index (χ0v) is 12.0. The molecule has 1 aromatic rings. The molecule has 0 spiro atoms. The lowest BCUT2D eigenvalue weighted by Gasteiger charge is -2.28. The summed E-state index contributed by atoms with van der Waals surface area (Å²) in [6.07, 6.45) is 0. The highest BCUT2D eigenvalue weighted by molar-refractivity contribution is 5.91. The minimum absolute atomic E-state index is 0.166. The second-order valence-corrected chi connectivity index (χ2v) is 4.52. The first-order valence-corrected chi connectivity index (χ1v) is 6.66. The van der Waals surface area contributed by atoms with Gasteiger partial charge in [-0.05, 0) is 31.5 Å². The van der Waals surface area contributed by atoms with E-state index in [1.54, 1.807) is 14.0 Å². The number of carbonyl (C=O) groups is 1. The number of methoxy groups -OCH3 is 1. The maximum absolute atomic E-state index is 12.1. The Bertz CT molecular complexity index is 508. The first-order valence-electron chi connectivity index (χ1n) is 6.66. The number of hydrogen-bond donors (Lipinski definition) is 2. The number of ether oxygens (including phenoxy) is 2. The number of nitrogens with one attached hydrogen (secondary N) is 2. The zero-order valence-electron chi connectivity index (χ0n) is 12.0. The topological polar surface area (TPSA) is 59.6 Å². The summed E-state index contributed by atoms with van der Waals surface area (Å²) < 4.78 is 10.3. The highest BCUT2D eigenvalue weighted by Crippen LogP contribution is 2.28. The van der Waals surface area contributed by atoms with Gasteiger partial charge >= 0.3 is 5.97 Å². The highest BCUT2D eigenvalue weighted by Gasteiger charge is 2.28. The molecule has 1 unspecified atom stereocenters. The van der Waals surface area contributed by atoms with Gasteiger partial charge in [0.1, 0.15) is 5.75 Å². The van der Waals surface area contributed by atoms with Crippen LogP contribution in [0, 0.1) is 0 Å². The van der Waals surface area contributed by atoms with Crippen molar-refractivity contribution in [3.63, 3.8) is 0 Å². The van der Waals surface area contributed by atoms with Crippen LogP contribution in [0.4, 0.5) is 0 Å². The Kier molecular flexibility index (Phi) is 4.63. The van der Waals surface area contributed by atoms with Crippen molar-refractivity contribution in [3.05, 3.63) is 41.1 Å². The number of carbonyl (C=O) groups excluding carboxylic acids is 1. The second-order valence-electron chi connectivity index (χ2n) is 4.52. The maximum atomic E-state index is 12.1. The molecule has 0 fully saturated rings. The van der Waals surface area contributed by atoms with Crippen LogP contribution in [0.3, 0.4) is 0 Å². The van der Waals surface area contributed by atoms with Crippen molar-refractivity contribution in [1.82, 2.24) is 10.6 Å². The molecule has 0 saturated heterocycles. The van der Waals surface area contributed by atoms with E-state index in [-0.39, 0.29) is 12.0 Å². The fourth-order valence-electron chi connectivity index (χ4n) is 2.26. The van der Waals surface area contributed by atoms with Gasteiger partial charge in [-0.2, -0.15) is 0 Å². The smallest absolute Gasteiger partial charge is 0.337 e. The molecule has 0 aromatic heterocycles. The van der Waals surface area contributed by atoms with E-state index in [0.29, 0.717) is 18.8 Å². The summed E-state index contributed by atoms with van der Waals surface area (Å²) in [6, 6.07) is 7.51. The molecule has 0 saturated carbocycles. The summed E-state index contributed by atoms with van der Waals surface area (Å²) in [5.41, 5.74) is 2.49. The number of benzene rings is 1. The van der Waals surface area contributed by atoms with E-state index in [9.17, 15) is 4.79 Å². The van der Waals surface area contributed by atoms with E-state index in [1.165, 1.54) is 0 Å². The van der Waals surface area contributed by atoms with Crippen molar-refractivity contribution in [2.75, 3.05) is 20.4 Å². The van der Waals surface area contributed by atoms with Gasteiger partial charge in [0.25, 0.3) is 0 Å². The lowest BCUT2D eigenvalue weighted by Crippen LogP contribution is -2.41. The molecule has 1 aliphatic heterocycles. The SMILES string of the molecule is CCOC(=O)C1=C(C)NCNC1c1ccc(OC)cc1. The summed E-state index contributed by atoms with van der Waals surface area (Å²) >= 11 is 0. The van der Waals surface area contributed by atoms with Crippen molar-refractivity contribution >= 4 is 5.97 Å². The molecule has 2 N–H and O–H groups in total. The van der Waals surface area contributed by atoms with Crippen LogP contribution in [0.1, 0.15) is 25.5 Å². The van der Waals surface area contributed by atoms with Gasteiger partial charge in [-0.3, -0.25) is 5.32 Å². The fourth-order valence-corrected chi connectivity index (χ4v) is 2.26. The van der Waals surface area contributed by atoms with Crippen LogP contribution in [-0.2, 0) is 9.53 Å². The molecule has 5 heteroatoms. The molecule has 20 heavy (non-hydrogen) atoms. The first-order chi connectivity index (χ1) is 9.67. The maximum Gasteiger partial charge on any atom is 0.337 e. The summed E-state index contributed by atoms with van der Waals surface area (Å²) in [4.78, 5) is 12.1. The van der Waals surface area contributed by atoms with Gasteiger partial charge < -0.3 is 14.8 Å². The summed E-state index contributed by atoms with van der Waals surface area (Å²) in [5, 5.41) is 6.42. The Morgan fingerprint density at radius 2 is 2.05 bits per heavy atom. The molecule has 0 bridgehead atoms. The predicted molar refractivity (Wildman–Crippen MR) is 76.2 cm³/mol. The van der Waals surface area contributed by atoms with Gasteiger partial charge in [-0.25, -0.2) is 4.79 Å². The molecule has 1 aliphatic rings. The average Bonchev–Trinajstić information content (AvgIpc) is 2.47. The van der Waals surface area contributed by atoms with E-state index in [1.807, 2.05) is 31.2 Å². The van der Waals surface area contributed by atoms with E-state index in [4.69, 9.17) is 9.47 Å². The quantitative estimate of drug-likeness (QED) is 0.820. The Labute approximate surface area is 119 Å². The number of allylic oxidation sites excluding steroid dienone is 1. The Balaban J connectivity index is 2.32. The van der Waals surface area contributed by atoms with E-state index in [0.717, 1.165) is 17.0 Å². The Hall–Kier alpha value is -2.01. The van der Waals surface area contributed by atoms with Gasteiger partial charge in [-0.1, -0.05) is 12.1 Å². The van der Waals surface area contributed by atoms with Crippen LogP contribution < -0.4 is 15.4 Å². The Morgan fingerprint density at radius 3 is 2.65 bits per heavy atom. The third-order valence-electron chi connectivity index (χ3n) is 3.30. The molecule has 0 radical (unpaired) electrons. The van der Waals surface area contributed by atoms with E-state index in [2.05, 4.69) is 10.6 Å². The fraction of sp³-hybridized carbons (Fsp3) is 0.400. The van der Waals surface area contributed by atoms with Gasteiger partial charge in [0.05, 0.1) is 32.0 Å². The summed E-state index contributed by atoms with van der Waals surface area (Å²) in [7, 11) is 1.63. The van der Waals surface area contributed by atoms with Gasteiger partial charge in [0, 0.05) is 5.70 Å². The molecule has 1 aromatic carbocycles. The van der Waals surface area contributed by atoms with E-state index >= 15 is 0 Å². The third-order valence-corrected chi connectivity index (χ3v) is 3.30. The third kappa shape index (κ3) is 2.93. The molecule has 2 rings (SSSR count). The molecule has 1 heterocycles. The molecule has 0 amide bonds. The van der Waals surface area contributed by atoms with Crippen LogP contribution in [0.5, 0.6) is 5.75 Å². The minimum atomic E-state index is -0.287. The van der Waals surface area contributed by atoms with Crippen LogP contribution in [0.2, 0.25) is 0 Å². The number of hydrogen-bond acceptors (Lipinski definition) is 5.